The molecule has 16 heavy (non-hydrogen) atoms. The molecule has 0 aliphatic rings. The van der Waals surface area contributed by atoms with Crippen molar-refractivity contribution in [2.75, 3.05) is 37.9 Å². The molecule has 6 nitrogen and oxygen atoms in total. The van der Waals surface area contributed by atoms with Crippen LogP contribution in [0.3, 0.4) is 0 Å². The maximum absolute atomic E-state index is 11.0. The van der Waals surface area contributed by atoms with Crippen molar-refractivity contribution in [3.8, 4) is 0 Å². The largest absolute Gasteiger partial charge is 0.382 e. The number of sulfone groups is 1. The zero-order chi connectivity index (χ0) is 12.2. The van der Waals surface area contributed by atoms with Crippen LogP contribution in [-0.2, 0) is 16.4 Å². The average molecular weight is 246 g/mol. The second kappa shape index (κ2) is 5.31. The van der Waals surface area contributed by atoms with E-state index >= 15 is 0 Å². The van der Waals surface area contributed by atoms with Crippen LogP contribution in [0, 0.1) is 0 Å². The molecule has 1 heterocycles. The fraction of sp³-hybridized carbons (Fsp3) is 0.667. The third kappa shape index (κ3) is 5.13. The van der Waals surface area contributed by atoms with Gasteiger partial charge in [-0.2, -0.15) is 0 Å². The van der Waals surface area contributed by atoms with Crippen molar-refractivity contribution in [3.63, 3.8) is 0 Å². The quantitative estimate of drug-likeness (QED) is 0.728. The van der Waals surface area contributed by atoms with Crippen molar-refractivity contribution in [1.29, 1.82) is 0 Å². The Bertz CT molecular complexity index is 426. The highest BCUT2D eigenvalue weighted by atomic mass is 32.2. The van der Waals surface area contributed by atoms with Crippen molar-refractivity contribution in [3.05, 3.63) is 12.5 Å². The summed E-state index contributed by atoms with van der Waals surface area (Å²) >= 11 is 0. The molecule has 0 saturated carbocycles. The molecule has 0 aromatic carbocycles. The van der Waals surface area contributed by atoms with Gasteiger partial charge in [0.05, 0.1) is 12.1 Å². The molecule has 2 N–H and O–H groups in total. The maximum Gasteiger partial charge on any atom is 0.148 e. The molecule has 0 fully saturated rings. The van der Waals surface area contributed by atoms with Gasteiger partial charge in [0.25, 0.3) is 0 Å². The molecule has 0 spiro atoms. The third-order valence-corrected chi connectivity index (χ3v) is 3.16. The molecule has 0 aliphatic heterocycles. The monoisotopic (exact) mass is 246 g/mol. The summed E-state index contributed by atoms with van der Waals surface area (Å²) in [6.07, 6.45) is 4.67. The number of hydrogen-bond acceptors (Lipinski definition) is 5. The third-order valence-electron chi connectivity index (χ3n) is 2.24. The van der Waals surface area contributed by atoms with Gasteiger partial charge in [-0.25, -0.2) is 13.4 Å². The number of aromatic nitrogens is 2. The Morgan fingerprint density at radius 1 is 1.50 bits per heavy atom. The van der Waals surface area contributed by atoms with Gasteiger partial charge in [0.15, 0.2) is 0 Å². The summed E-state index contributed by atoms with van der Waals surface area (Å²) in [4.78, 5) is 5.88. The zero-order valence-corrected chi connectivity index (χ0v) is 10.4. The second-order valence-electron chi connectivity index (χ2n) is 3.97. The van der Waals surface area contributed by atoms with E-state index in [0.717, 1.165) is 13.1 Å². The highest BCUT2D eigenvalue weighted by Crippen LogP contribution is 1.97. The van der Waals surface area contributed by atoms with Crippen molar-refractivity contribution in [1.82, 2.24) is 14.5 Å². The Hall–Kier alpha value is -1.08. The highest BCUT2D eigenvalue weighted by molar-refractivity contribution is 7.90. The fourth-order valence-electron chi connectivity index (χ4n) is 1.22. The lowest BCUT2D eigenvalue weighted by Crippen LogP contribution is -2.28. The number of rotatable bonds is 6. The molecule has 0 saturated heterocycles. The molecule has 0 unspecified atom stereocenters. The number of likely N-dealkylation sites (N-methyl/N-ethyl adjacent to an activating group) is 1. The van der Waals surface area contributed by atoms with E-state index in [1.54, 1.807) is 12.5 Å². The van der Waals surface area contributed by atoms with E-state index in [4.69, 9.17) is 5.73 Å². The van der Waals surface area contributed by atoms with Gasteiger partial charge in [0.2, 0.25) is 0 Å². The minimum atomic E-state index is -2.88. The molecule has 0 radical (unpaired) electrons. The normalized spacial score (nSPS) is 12.2. The first kappa shape index (κ1) is 13.0. The van der Waals surface area contributed by atoms with E-state index in [2.05, 4.69) is 4.98 Å². The molecule has 0 aliphatic carbocycles. The van der Waals surface area contributed by atoms with Crippen LogP contribution >= 0.6 is 0 Å². The fourth-order valence-corrected chi connectivity index (χ4v) is 1.86. The van der Waals surface area contributed by atoms with Gasteiger partial charge in [-0.15, -0.1) is 0 Å². The van der Waals surface area contributed by atoms with E-state index in [9.17, 15) is 8.42 Å². The summed E-state index contributed by atoms with van der Waals surface area (Å²) in [6, 6.07) is 0. The number of nitrogen functional groups attached to an aromatic ring is 1. The van der Waals surface area contributed by atoms with Crippen molar-refractivity contribution in [2.24, 2.45) is 0 Å². The Morgan fingerprint density at radius 3 is 2.69 bits per heavy atom. The predicted molar refractivity (Wildman–Crippen MR) is 63.8 cm³/mol. The molecule has 7 heteroatoms. The van der Waals surface area contributed by atoms with Crippen LogP contribution < -0.4 is 5.73 Å². The molecular formula is C9H18N4O2S. The average Bonchev–Trinajstić information content (AvgIpc) is 2.57. The lowest BCUT2D eigenvalue weighted by Gasteiger charge is -2.15. The minimum absolute atomic E-state index is 0.190. The van der Waals surface area contributed by atoms with E-state index in [1.165, 1.54) is 6.26 Å². The van der Waals surface area contributed by atoms with Crippen molar-refractivity contribution >= 4 is 15.7 Å². The summed E-state index contributed by atoms with van der Waals surface area (Å²) in [6.45, 7) is 2.07. The lowest BCUT2D eigenvalue weighted by molar-refractivity contribution is 0.336. The summed E-state index contributed by atoms with van der Waals surface area (Å²) in [5.41, 5.74) is 5.48. The number of hydrogen-bond donors (Lipinski definition) is 1. The van der Waals surface area contributed by atoms with Crippen LogP contribution in [0.1, 0.15) is 0 Å². The lowest BCUT2D eigenvalue weighted by atomic mass is 10.5. The topological polar surface area (TPSA) is 81.2 Å². The Kier molecular flexibility index (Phi) is 4.31. The first-order chi connectivity index (χ1) is 7.37. The van der Waals surface area contributed by atoms with Gasteiger partial charge in [-0.3, -0.25) is 0 Å². The van der Waals surface area contributed by atoms with Crippen LogP contribution in [0.5, 0.6) is 0 Å². The molecule has 1 aromatic heterocycles. The molecule has 0 atom stereocenters. The highest BCUT2D eigenvalue weighted by Gasteiger charge is 2.05. The minimum Gasteiger partial charge on any atom is -0.382 e. The smallest absolute Gasteiger partial charge is 0.148 e. The molecule has 0 bridgehead atoms. The molecule has 0 amide bonds. The summed E-state index contributed by atoms with van der Waals surface area (Å²) < 4.78 is 23.8. The number of nitrogens with two attached hydrogens (primary N) is 1. The van der Waals surface area contributed by atoms with Crippen LogP contribution in [-0.4, -0.2) is 55.0 Å². The van der Waals surface area contributed by atoms with E-state index in [1.807, 2.05) is 16.5 Å². The van der Waals surface area contributed by atoms with Gasteiger partial charge in [0, 0.05) is 32.1 Å². The SMILES string of the molecule is CN(CCn1cnc(N)c1)CCS(C)(=O)=O. The Morgan fingerprint density at radius 2 is 2.19 bits per heavy atom. The van der Waals surface area contributed by atoms with Gasteiger partial charge >= 0.3 is 0 Å². The maximum atomic E-state index is 11.0. The van der Waals surface area contributed by atoms with E-state index in [-0.39, 0.29) is 5.75 Å². The summed E-state index contributed by atoms with van der Waals surface area (Å²) in [7, 11) is -0.985. The Balaban J connectivity index is 2.28. The van der Waals surface area contributed by atoms with Gasteiger partial charge in [0.1, 0.15) is 15.7 Å². The van der Waals surface area contributed by atoms with Gasteiger partial charge in [-0.1, -0.05) is 0 Å². The standard InChI is InChI=1S/C9H18N4O2S/c1-12(5-6-16(2,14)15)3-4-13-7-9(10)11-8-13/h7-8H,3-6,10H2,1-2H3. The summed E-state index contributed by atoms with van der Waals surface area (Å²) in [5.74, 6) is 0.689. The van der Waals surface area contributed by atoms with Crippen LogP contribution in [0.25, 0.3) is 0 Å². The molecule has 92 valence electrons. The van der Waals surface area contributed by atoms with Gasteiger partial charge in [-0.05, 0) is 7.05 Å². The number of anilines is 1. The van der Waals surface area contributed by atoms with Crippen LogP contribution in [0.4, 0.5) is 5.82 Å². The van der Waals surface area contributed by atoms with Crippen molar-refractivity contribution < 1.29 is 8.42 Å². The van der Waals surface area contributed by atoms with E-state index in [0.29, 0.717) is 12.4 Å². The molecule has 1 aromatic rings. The van der Waals surface area contributed by atoms with E-state index < -0.39 is 9.84 Å². The number of imidazole rings is 1. The van der Waals surface area contributed by atoms with Gasteiger partial charge < -0.3 is 15.2 Å². The predicted octanol–water partition coefficient (Wildman–Crippen LogP) is -0.558. The molecule has 1 rings (SSSR count). The second-order valence-corrected chi connectivity index (χ2v) is 6.23. The summed E-state index contributed by atoms with van der Waals surface area (Å²) in [5, 5.41) is 0. The molecular weight excluding hydrogens is 228 g/mol. The zero-order valence-electron chi connectivity index (χ0n) is 9.63. The number of nitrogens with zero attached hydrogens (tertiary/aromatic N) is 3. The first-order valence-corrected chi connectivity index (χ1v) is 7.06. The van der Waals surface area contributed by atoms with Crippen molar-refractivity contribution in [2.45, 2.75) is 6.54 Å². The van der Waals surface area contributed by atoms with Crippen LogP contribution in [0.2, 0.25) is 0 Å². The first-order valence-electron chi connectivity index (χ1n) is 5.00. The Labute approximate surface area is 96.0 Å². The van der Waals surface area contributed by atoms with Crippen LogP contribution in [0.15, 0.2) is 12.5 Å².